The van der Waals surface area contributed by atoms with Crippen LogP contribution < -0.4 is 10.6 Å². The Balaban J connectivity index is 0.00000364. The summed E-state index contributed by atoms with van der Waals surface area (Å²) in [5.74, 6) is 0.835. The van der Waals surface area contributed by atoms with Gasteiger partial charge in [-0.1, -0.05) is 30.3 Å². The Morgan fingerprint density at radius 2 is 1.93 bits per heavy atom. The molecule has 0 aliphatic carbocycles. The molecular weight excluding hydrogens is 457 g/mol. The lowest BCUT2D eigenvalue weighted by Crippen LogP contribution is -2.39. The molecule has 0 atom stereocenters. The van der Waals surface area contributed by atoms with Crippen molar-refractivity contribution in [3.8, 4) is 0 Å². The molecule has 1 aliphatic heterocycles. The molecule has 0 unspecified atom stereocenters. The van der Waals surface area contributed by atoms with Gasteiger partial charge in [0.15, 0.2) is 5.96 Å². The average molecular weight is 491 g/mol. The molecule has 0 bridgehead atoms. The van der Waals surface area contributed by atoms with E-state index in [1.807, 2.05) is 18.2 Å². The fourth-order valence-corrected chi connectivity index (χ4v) is 2.70. The third-order valence-electron chi connectivity index (χ3n) is 4.09. The molecule has 2 N–H and O–H groups in total. The van der Waals surface area contributed by atoms with Gasteiger partial charge in [0.25, 0.3) is 0 Å². The highest BCUT2D eigenvalue weighted by Crippen LogP contribution is 2.10. The van der Waals surface area contributed by atoms with Crippen LogP contribution in [-0.2, 0) is 20.8 Å². The van der Waals surface area contributed by atoms with Gasteiger partial charge in [-0.05, 0) is 31.7 Å². The molecule has 7 heteroatoms. The minimum absolute atomic E-state index is 0. The van der Waals surface area contributed by atoms with Crippen molar-refractivity contribution in [3.63, 3.8) is 0 Å². The first-order valence-corrected chi connectivity index (χ1v) is 9.71. The minimum Gasteiger partial charge on any atom is -0.381 e. The molecule has 1 heterocycles. The molecular formula is C20H34IN3O3. The Labute approximate surface area is 180 Å². The summed E-state index contributed by atoms with van der Waals surface area (Å²) in [5.41, 5.74) is 1.19. The Morgan fingerprint density at radius 3 is 2.67 bits per heavy atom. The van der Waals surface area contributed by atoms with Crippen molar-refractivity contribution >= 4 is 29.9 Å². The predicted molar refractivity (Wildman–Crippen MR) is 120 cm³/mol. The summed E-state index contributed by atoms with van der Waals surface area (Å²) in [4.78, 5) is 4.59. The molecule has 154 valence electrons. The second-order valence-corrected chi connectivity index (χ2v) is 6.26. The first-order valence-electron chi connectivity index (χ1n) is 9.71. The molecule has 0 saturated carbocycles. The van der Waals surface area contributed by atoms with Crippen LogP contribution in [0.4, 0.5) is 0 Å². The molecule has 1 fully saturated rings. The first-order chi connectivity index (χ1) is 12.9. The lowest BCUT2D eigenvalue weighted by molar-refractivity contribution is -0.0318. The van der Waals surface area contributed by atoms with Crippen molar-refractivity contribution in [1.29, 1.82) is 0 Å². The SMILES string of the molecule is CCNC(=NCCCOC1CCOCC1)NCCOCc1ccccc1.I. The number of hydrogen-bond donors (Lipinski definition) is 2. The van der Waals surface area contributed by atoms with Crippen molar-refractivity contribution in [2.24, 2.45) is 4.99 Å². The van der Waals surface area contributed by atoms with Gasteiger partial charge >= 0.3 is 0 Å². The van der Waals surface area contributed by atoms with E-state index >= 15 is 0 Å². The number of ether oxygens (including phenoxy) is 3. The third kappa shape index (κ3) is 11.5. The zero-order valence-electron chi connectivity index (χ0n) is 16.3. The summed E-state index contributed by atoms with van der Waals surface area (Å²) in [7, 11) is 0. The maximum Gasteiger partial charge on any atom is 0.191 e. The molecule has 2 rings (SSSR count). The number of rotatable bonds is 11. The van der Waals surface area contributed by atoms with E-state index < -0.39 is 0 Å². The highest BCUT2D eigenvalue weighted by molar-refractivity contribution is 14.0. The van der Waals surface area contributed by atoms with E-state index in [1.165, 1.54) is 5.56 Å². The molecule has 27 heavy (non-hydrogen) atoms. The molecule has 0 aromatic heterocycles. The zero-order chi connectivity index (χ0) is 18.3. The number of aliphatic imine (C=N–C) groups is 1. The van der Waals surface area contributed by atoms with E-state index in [9.17, 15) is 0 Å². The van der Waals surface area contributed by atoms with E-state index in [4.69, 9.17) is 14.2 Å². The number of halogens is 1. The van der Waals surface area contributed by atoms with Crippen molar-refractivity contribution in [2.45, 2.75) is 38.9 Å². The van der Waals surface area contributed by atoms with Crippen LogP contribution in [0.3, 0.4) is 0 Å². The van der Waals surface area contributed by atoms with Gasteiger partial charge in [-0.25, -0.2) is 0 Å². The normalized spacial score (nSPS) is 15.2. The Hall–Kier alpha value is -0.900. The Morgan fingerprint density at radius 1 is 1.15 bits per heavy atom. The molecule has 0 amide bonds. The Bertz CT molecular complexity index is 497. The second-order valence-electron chi connectivity index (χ2n) is 6.26. The molecule has 0 spiro atoms. The molecule has 1 aliphatic rings. The zero-order valence-corrected chi connectivity index (χ0v) is 18.7. The third-order valence-corrected chi connectivity index (χ3v) is 4.09. The first kappa shape index (κ1) is 24.1. The number of guanidine groups is 1. The van der Waals surface area contributed by atoms with E-state index in [2.05, 4.69) is 34.7 Å². The largest absolute Gasteiger partial charge is 0.381 e. The summed E-state index contributed by atoms with van der Waals surface area (Å²) in [6, 6.07) is 10.2. The van der Waals surface area contributed by atoms with Crippen LogP contribution in [0, 0.1) is 0 Å². The van der Waals surface area contributed by atoms with Crippen molar-refractivity contribution in [1.82, 2.24) is 10.6 Å². The highest BCUT2D eigenvalue weighted by atomic mass is 127. The van der Waals surface area contributed by atoms with Crippen LogP contribution in [0.2, 0.25) is 0 Å². The molecule has 6 nitrogen and oxygen atoms in total. The van der Waals surface area contributed by atoms with Crippen molar-refractivity contribution < 1.29 is 14.2 Å². The van der Waals surface area contributed by atoms with Crippen LogP contribution in [-0.4, -0.2) is 58.1 Å². The maximum absolute atomic E-state index is 5.87. The minimum atomic E-state index is 0. The lowest BCUT2D eigenvalue weighted by Gasteiger charge is -2.22. The highest BCUT2D eigenvalue weighted by Gasteiger charge is 2.13. The summed E-state index contributed by atoms with van der Waals surface area (Å²) >= 11 is 0. The fourth-order valence-electron chi connectivity index (χ4n) is 2.70. The molecule has 0 radical (unpaired) electrons. The predicted octanol–water partition coefficient (Wildman–Crippen LogP) is 2.96. The molecule has 1 saturated heterocycles. The van der Waals surface area contributed by atoms with Gasteiger partial charge in [-0.2, -0.15) is 0 Å². The van der Waals surface area contributed by atoms with E-state index in [-0.39, 0.29) is 24.0 Å². The summed E-state index contributed by atoms with van der Waals surface area (Å²) < 4.78 is 16.9. The van der Waals surface area contributed by atoms with Gasteiger partial charge in [0.1, 0.15) is 0 Å². The van der Waals surface area contributed by atoms with Gasteiger partial charge in [0.2, 0.25) is 0 Å². The van der Waals surface area contributed by atoms with Crippen molar-refractivity contribution in [2.75, 3.05) is 46.1 Å². The van der Waals surface area contributed by atoms with Gasteiger partial charge in [0, 0.05) is 39.5 Å². The number of nitrogens with zero attached hydrogens (tertiary/aromatic N) is 1. The van der Waals surface area contributed by atoms with Gasteiger partial charge in [-0.15, -0.1) is 24.0 Å². The van der Waals surface area contributed by atoms with Crippen LogP contribution in [0.5, 0.6) is 0 Å². The topological polar surface area (TPSA) is 64.1 Å². The maximum atomic E-state index is 5.87. The smallest absolute Gasteiger partial charge is 0.191 e. The summed E-state index contributed by atoms with van der Waals surface area (Å²) in [5, 5.41) is 6.56. The van der Waals surface area contributed by atoms with Crippen LogP contribution in [0.1, 0.15) is 31.7 Å². The van der Waals surface area contributed by atoms with Crippen LogP contribution in [0.25, 0.3) is 0 Å². The van der Waals surface area contributed by atoms with Gasteiger partial charge in [-0.3, -0.25) is 4.99 Å². The number of nitrogens with one attached hydrogen (secondary N) is 2. The van der Waals surface area contributed by atoms with Crippen LogP contribution in [0.15, 0.2) is 35.3 Å². The molecule has 1 aromatic rings. The van der Waals surface area contributed by atoms with E-state index in [0.717, 1.165) is 64.7 Å². The summed E-state index contributed by atoms with van der Waals surface area (Å²) in [6.45, 7) is 8.08. The van der Waals surface area contributed by atoms with Gasteiger partial charge < -0.3 is 24.8 Å². The van der Waals surface area contributed by atoms with Crippen LogP contribution >= 0.6 is 24.0 Å². The average Bonchev–Trinajstić information content (AvgIpc) is 2.69. The second kappa shape index (κ2) is 16.1. The van der Waals surface area contributed by atoms with E-state index in [0.29, 0.717) is 19.3 Å². The van der Waals surface area contributed by atoms with Crippen molar-refractivity contribution in [3.05, 3.63) is 35.9 Å². The quantitative estimate of drug-likeness (QED) is 0.216. The van der Waals surface area contributed by atoms with Gasteiger partial charge in [0.05, 0.1) is 19.3 Å². The standard InChI is InChI=1S/C20H33N3O3.HI/c1-2-21-20(22-11-6-13-26-19-9-14-24-15-10-19)23-12-16-25-17-18-7-4-3-5-8-18;/h3-5,7-8,19H,2,6,9-17H2,1H3,(H2,21,22,23);1H. The molecule has 1 aromatic carbocycles. The lowest BCUT2D eigenvalue weighted by atomic mass is 10.1. The van der Waals surface area contributed by atoms with E-state index in [1.54, 1.807) is 0 Å². The fraction of sp³-hybridized carbons (Fsp3) is 0.650. The summed E-state index contributed by atoms with van der Waals surface area (Å²) in [6.07, 6.45) is 3.31. The number of benzene rings is 1. The monoisotopic (exact) mass is 491 g/mol. The Kier molecular flexibility index (Phi) is 14.4. The number of hydrogen-bond acceptors (Lipinski definition) is 4.